The maximum Gasteiger partial charge on any atom is 0.406 e. The van der Waals surface area contributed by atoms with Gasteiger partial charge in [0, 0.05) is 18.1 Å². The minimum atomic E-state index is -1.17. The lowest BCUT2D eigenvalue weighted by atomic mass is 9.87. The Morgan fingerprint density at radius 3 is 2.47 bits per heavy atom. The Hall–Kier alpha value is -3.97. The minimum absolute atomic E-state index is 0.0110. The van der Waals surface area contributed by atoms with Gasteiger partial charge in [0.1, 0.15) is 6.17 Å². The Kier molecular flexibility index (Phi) is 8.13. The highest BCUT2D eigenvalue weighted by Gasteiger charge is 2.30. The highest BCUT2D eigenvalue weighted by atomic mass is 16.4. The average molecular weight is 485 g/mol. The van der Waals surface area contributed by atoms with Gasteiger partial charge in [-0.05, 0) is 53.6 Å². The van der Waals surface area contributed by atoms with Gasteiger partial charge in [-0.25, -0.2) is 9.80 Å². The molecule has 1 aliphatic heterocycles. The predicted molar refractivity (Wildman–Crippen MR) is 143 cm³/mol. The van der Waals surface area contributed by atoms with E-state index in [0.717, 1.165) is 53.8 Å². The van der Waals surface area contributed by atoms with Crippen LogP contribution in [0.4, 0.5) is 10.5 Å². The second-order valence-electron chi connectivity index (χ2n) is 9.05. The van der Waals surface area contributed by atoms with E-state index >= 15 is 0 Å². The summed E-state index contributed by atoms with van der Waals surface area (Å²) in [5.41, 5.74) is 11.6. The number of hydrazone groups is 1. The van der Waals surface area contributed by atoms with E-state index < -0.39 is 12.3 Å². The molecule has 0 aromatic heterocycles. The first-order valence-electron chi connectivity index (χ1n) is 12.3. The van der Waals surface area contributed by atoms with Crippen LogP contribution in [0, 0.1) is 5.92 Å². The molecule has 7 nitrogen and oxygen atoms in total. The van der Waals surface area contributed by atoms with Crippen molar-refractivity contribution in [2.24, 2.45) is 16.8 Å². The van der Waals surface area contributed by atoms with Gasteiger partial charge in [-0.2, -0.15) is 5.10 Å². The molecule has 2 atom stereocenters. The Balaban J connectivity index is 1.55. The van der Waals surface area contributed by atoms with Crippen molar-refractivity contribution in [3.8, 4) is 11.1 Å². The molecule has 2 unspecified atom stereocenters. The molecule has 36 heavy (non-hydrogen) atoms. The standard InChI is InChI=1S/C29H32N4O3/c1-2-3-13-26-22(19-27(34)33(32-26)23-9-5-4-6-10-23)18-20-14-16-21(17-15-20)24-11-7-8-12-25(24)28(30)31-29(35)36/h4-12,14-17,22,28,31H,2-3,13,18-19,30H2,1H3,(H,35,36). The molecular formula is C29H32N4O3. The number of carbonyl (C=O) groups excluding carboxylic acids is 1. The molecule has 2 amide bonds. The van der Waals surface area contributed by atoms with Crippen LogP contribution in [0.15, 0.2) is 84.0 Å². The maximum absolute atomic E-state index is 13.0. The molecule has 3 aromatic carbocycles. The Morgan fingerprint density at radius 2 is 1.78 bits per heavy atom. The number of para-hydroxylation sites is 1. The molecule has 186 valence electrons. The maximum atomic E-state index is 13.0. The summed E-state index contributed by atoms with van der Waals surface area (Å²) in [5, 5.41) is 17.7. The Bertz CT molecular complexity index is 1220. The molecule has 1 heterocycles. The second kappa shape index (κ2) is 11.6. The quantitative estimate of drug-likeness (QED) is 0.338. The van der Waals surface area contributed by atoms with Crippen molar-refractivity contribution in [1.82, 2.24) is 5.32 Å². The zero-order valence-corrected chi connectivity index (χ0v) is 20.4. The first-order chi connectivity index (χ1) is 17.5. The van der Waals surface area contributed by atoms with E-state index in [2.05, 4.69) is 24.4 Å². The largest absolute Gasteiger partial charge is 0.465 e. The zero-order chi connectivity index (χ0) is 25.5. The van der Waals surface area contributed by atoms with Gasteiger partial charge in [0.2, 0.25) is 5.91 Å². The SMILES string of the molecule is CCCCC1=NN(c2ccccc2)C(=O)CC1Cc1ccc(-c2ccccc2C(N)NC(=O)O)cc1. The molecule has 4 N–H and O–H groups in total. The van der Waals surface area contributed by atoms with Crippen LogP contribution in [0.5, 0.6) is 0 Å². The summed E-state index contributed by atoms with van der Waals surface area (Å²) in [6.07, 6.45) is 2.15. The van der Waals surface area contributed by atoms with E-state index in [9.17, 15) is 9.59 Å². The number of nitrogens with two attached hydrogens (primary N) is 1. The molecule has 0 radical (unpaired) electrons. The number of nitrogens with one attached hydrogen (secondary N) is 1. The summed E-state index contributed by atoms with van der Waals surface area (Å²) in [4.78, 5) is 24.0. The van der Waals surface area contributed by atoms with Crippen LogP contribution in [-0.4, -0.2) is 22.8 Å². The fourth-order valence-corrected chi connectivity index (χ4v) is 4.60. The second-order valence-corrected chi connectivity index (χ2v) is 9.05. The molecule has 3 aromatic rings. The Morgan fingerprint density at radius 1 is 1.08 bits per heavy atom. The van der Waals surface area contributed by atoms with E-state index in [1.165, 1.54) is 0 Å². The highest BCUT2D eigenvalue weighted by Crippen LogP contribution is 2.30. The van der Waals surface area contributed by atoms with Crippen LogP contribution in [0.25, 0.3) is 11.1 Å². The van der Waals surface area contributed by atoms with Gasteiger partial charge in [0.15, 0.2) is 0 Å². The van der Waals surface area contributed by atoms with E-state index in [4.69, 9.17) is 15.9 Å². The van der Waals surface area contributed by atoms with Crippen molar-refractivity contribution in [3.05, 3.63) is 90.0 Å². The zero-order valence-electron chi connectivity index (χ0n) is 20.4. The number of hydrogen-bond acceptors (Lipinski definition) is 4. The number of rotatable bonds is 9. The molecule has 0 aliphatic carbocycles. The number of unbranched alkanes of at least 4 members (excludes halogenated alkanes) is 1. The van der Waals surface area contributed by atoms with Gasteiger partial charge in [-0.1, -0.05) is 80.1 Å². The number of benzene rings is 3. The highest BCUT2D eigenvalue weighted by molar-refractivity contribution is 6.03. The van der Waals surface area contributed by atoms with Crippen molar-refractivity contribution in [2.45, 2.75) is 45.2 Å². The number of amides is 2. The van der Waals surface area contributed by atoms with Crippen molar-refractivity contribution in [1.29, 1.82) is 0 Å². The Labute approximate surface area is 211 Å². The van der Waals surface area contributed by atoms with E-state index in [1.807, 2.05) is 66.7 Å². The van der Waals surface area contributed by atoms with Gasteiger partial charge in [0.05, 0.1) is 5.69 Å². The molecule has 0 saturated heterocycles. The monoisotopic (exact) mass is 484 g/mol. The van der Waals surface area contributed by atoms with Crippen LogP contribution in [-0.2, 0) is 11.2 Å². The summed E-state index contributed by atoms with van der Waals surface area (Å²) in [6.45, 7) is 2.16. The van der Waals surface area contributed by atoms with Gasteiger partial charge < -0.3 is 16.2 Å². The minimum Gasteiger partial charge on any atom is -0.465 e. The average Bonchev–Trinajstić information content (AvgIpc) is 2.89. The summed E-state index contributed by atoms with van der Waals surface area (Å²) in [5.74, 6) is 0.0762. The summed E-state index contributed by atoms with van der Waals surface area (Å²) in [6, 6.07) is 25.3. The molecule has 4 rings (SSSR count). The third-order valence-corrected chi connectivity index (χ3v) is 6.47. The summed E-state index contributed by atoms with van der Waals surface area (Å²) >= 11 is 0. The molecule has 0 saturated carbocycles. The fourth-order valence-electron chi connectivity index (χ4n) is 4.60. The molecule has 7 heteroatoms. The normalized spacial score (nSPS) is 16.4. The third-order valence-electron chi connectivity index (χ3n) is 6.47. The first-order valence-corrected chi connectivity index (χ1v) is 12.3. The van der Waals surface area contributed by atoms with Gasteiger partial charge in [-0.3, -0.25) is 4.79 Å². The van der Waals surface area contributed by atoms with E-state index in [1.54, 1.807) is 5.01 Å². The predicted octanol–water partition coefficient (Wildman–Crippen LogP) is 5.72. The van der Waals surface area contributed by atoms with E-state index in [0.29, 0.717) is 12.0 Å². The third kappa shape index (κ3) is 5.98. The lowest BCUT2D eigenvalue weighted by Crippen LogP contribution is -2.37. The first kappa shape index (κ1) is 25.1. The van der Waals surface area contributed by atoms with Gasteiger partial charge in [0.25, 0.3) is 0 Å². The fraction of sp³-hybridized carbons (Fsp3) is 0.276. The number of carboxylic acid groups (broad SMARTS) is 1. The van der Waals surface area contributed by atoms with Gasteiger partial charge in [-0.15, -0.1) is 0 Å². The number of hydrogen-bond donors (Lipinski definition) is 3. The smallest absolute Gasteiger partial charge is 0.406 e. The number of nitrogens with zero attached hydrogens (tertiary/aromatic N) is 2. The van der Waals surface area contributed by atoms with E-state index in [-0.39, 0.29) is 11.8 Å². The number of anilines is 1. The van der Waals surface area contributed by atoms with Crippen LogP contribution < -0.4 is 16.1 Å². The lowest BCUT2D eigenvalue weighted by Gasteiger charge is -2.29. The molecule has 0 fully saturated rings. The lowest BCUT2D eigenvalue weighted by molar-refractivity contribution is -0.119. The summed E-state index contributed by atoms with van der Waals surface area (Å²) in [7, 11) is 0. The van der Waals surface area contributed by atoms with Crippen LogP contribution >= 0.6 is 0 Å². The van der Waals surface area contributed by atoms with Crippen molar-refractivity contribution >= 4 is 23.4 Å². The van der Waals surface area contributed by atoms with Crippen molar-refractivity contribution in [2.75, 3.05) is 5.01 Å². The van der Waals surface area contributed by atoms with Crippen LogP contribution in [0.1, 0.15) is 49.9 Å². The van der Waals surface area contributed by atoms with Gasteiger partial charge >= 0.3 is 6.09 Å². The van der Waals surface area contributed by atoms with Crippen molar-refractivity contribution < 1.29 is 14.7 Å². The molecule has 0 spiro atoms. The number of carbonyl (C=O) groups is 2. The molecule has 0 bridgehead atoms. The van der Waals surface area contributed by atoms with Crippen LogP contribution in [0.2, 0.25) is 0 Å². The molecular weight excluding hydrogens is 452 g/mol. The van der Waals surface area contributed by atoms with Crippen LogP contribution in [0.3, 0.4) is 0 Å². The topological polar surface area (TPSA) is 108 Å². The van der Waals surface area contributed by atoms with Crippen molar-refractivity contribution in [3.63, 3.8) is 0 Å². The summed E-state index contributed by atoms with van der Waals surface area (Å²) < 4.78 is 0. The molecule has 1 aliphatic rings.